The van der Waals surface area contributed by atoms with Crippen LogP contribution >= 0.6 is 24.0 Å². The number of anilines is 1. The van der Waals surface area contributed by atoms with Crippen molar-refractivity contribution in [3.63, 3.8) is 0 Å². The molecule has 0 amide bonds. The Morgan fingerprint density at radius 1 is 1.10 bits per heavy atom. The first kappa shape index (κ1) is 21.4. The summed E-state index contributed by atoms with van der Waals surface area (Å²) in [5.41, 5.74) is 3.95. The number of hydrogen-bond acceptors (Lipinski definition) is 2. The minimum atomic E-state index is 0. The molecule has 1 aliphatic heterocycles. The molecule has 0 aliphatic carbocycles. The number of guanidine groups is 1. The summed E-state index contributed by atoms with van der Waals surface area (Å²) in [6.07, 6.45) is 5.82. The van der Waals surface area contributed by atoms with Crippen LogP contribution in [-0.2, 0) is 19.4 Å². The third kappa shape index (κ3) is 5.18. The van der Waals surface area contributed by atoms with Gasteiger partial charge in [-0.25, -0.2) is 4.98 Å². The van der Waals surface area contributed by atoms with Crippen molar-refractivity contribution in [1.82, 2.24) is 14.9 Å². The fourth-order valence-corrected chi connectivity index (χ4v) is 3.71. The Morgan fingerprint density at radius 2 is 1.90 bits per heavy atom. The molecule has 1 N–H and O–H groups in total. The molecular formula is C23H28IN5. The molecule has 2 heterocycles. The summed E-state index contributed by atoms with van der Waals surface area (Å²) < 4.78 is 2.21. The molecule has 0 atom stereocenters. The molecule has 0 saturated carbocycles. The van der Waals surface area contributed by atoms with Gasteiger partial charge in [0.25, 0.3) is 0 Å². The van der Waals surface area contributed by atoms with Gasteiger partial charge in [0.2, 0.25) is 0 Å². The third-order valence-electron chi connectivity index (χ3n) is 5.07. The number of para-hydroxylation sites is 1. The van der Waals surface area contributed by atoms with E-state index < -0.39 is 0 Å². The summed E-state index contributed by atoms with van der Waals surface area (Å²) in [7, 11) is 0. The van der Waals surface area contributed by atoms with Gasteiger partial charge in [0.15, 0.2) is 5.96 Å². The first-order valence-electron chi connectivity index (χ1n) is 10.0. The second-order valence-corrected chi connectivity index (χ2v) is 6.97. The largest absolute Gasteiger partial charge is 0.356 e. The maximum Gasteiger partial charge on any atom is 0.198 e. The van der Waals surface area contributed by atoms with E-state index in [-0.39, 0.29) is 24.0 Å². The molecular weight excluding hydrogens is 473 g/mol. The highest BCUT2D eigenvalue weighted by molar-refractivity contribution is 14.0. The summed E-state index contributed by atoms with van der Waals surface area (Å²) in [6.45, 7) is 5.52. The van der Waals surface area contributed by atoms with Crippen LogP contribution in [0, 0.1) is 0 Å². The van der Waals surface area contributed by atoms with E-state index in [0.29, 0.717) is 6.54 Å². The third-order valence-corrected chi connectivity index (χ3v) is 5.07. The standard InChI is InChI=1S/C23H27N5.HI/c1-2-24-23(28-16-13-20-10-6-7-11-21(20)28)26-14-12-22-25-15-17-27(22)18-19-8-4-3-5-9-19;/h3-11,15,17H,2,12-14,16,18H2,1H3,(H,24,26);1H. The van der Waals surface area contributed by atoms with Gasteiger partial charge in [-0.05, 0) is 30.5 Å². The molecule has 152 valence electrons. The van der Waals surface area contributed by atoms with Crippen molar-refractivity contribution in [1.29, 1.82) is 0 Å². The minimum Gasteiger partial charge on any atom is -0.356 e. The average molecular weight is 501 g/mol. The zero-order chi connectivity index (χ0) is 19.2. The molecule has 1 aromatic heterocycles. The van der Waals surface area contributed by atoms with Crippen LogP contribution in [0.25, 0.3) is 0 Å². The molecule has 29 heavy (non-hydrogen) atoms. The van der Waals surface area contributed by atoms with Crippen LogP contribution in [0.4, 0.5) is 5.69 Å². The molecule has 0 bridgehead atoms. The van der Waals surface area contributed by atoms with Crippen molar-refractivity contribution in [2.45, 2.75) is 26.3 Å². The van der Waals surface area contributed by atoms with Crippen LogP contribution in [-0.4, -0.2) is 35.1 Å². The molecule has 4 rings (SSSR count). The Kier molecular flexibility index (Phi) is 7.69. The predicted molar refractivity (Wildman–Crippen MR) is 130 cm³/mol. The molecule has 2 aromatic carbocycles. The second-order valence-electron chi connectivity index (χ2n) is 6.97. The lowest BCUT2D eigenvalue weighted by Gasteiger charge is -2.22. The highest BCUT2D eigenvalue weighted by Gasteiger charge is 2.22. The maximum absolute atomic E-state index is 4.90. The highest BCUT2D eigenvalue weighted by Crippen LogP contribution is 2.27. The van der Waals surface area contributed by atoms with Crippen molar-refractivity contribution in [3.8, 4) is 0 Å². The quantitative estimate of drug-likeness (QED) is 0.314. The van der Waals surface area contributed by atoms with Crippen LogP contribution in [0.2, 0.25) is 0 Å². The first-order chi connectivity index (χ1) is 13.8. The van der Waals surface area contributed by atoms with E-state index in [9.17, 15) is 0 Å². The number of fused-ring (bicyclic) bond motifs is 1. The van der Waals surface area contributed by atoms with Gasteiger partial charge in [-0.3, -0.25) is 4.99 Å². The Labute approximate surface area is 189 Å². The fraction of sp³-hybridized carbons (Fsp3) is 0.304. The lowest BCUT2D eigenvalue weighted by atomic mass is 10.2. The number of halogens is 1. The molecule has 0 saturated heterocycles. The molecule has 0 unspecified atom stereocenters. The lowest BCUT2D eigenvalue weighted by Crippen LogP contribution is -2.40. The van der Waals surface area contributed by atoms with Gasteiger partial charge in [-0.2, -0.15) is 0 Å². The van der Waals surface area contributed by atoms with E-state index >= 15 is 0 Å². The molecule has 1 aliphatic rings. The average Bonchev–Trinajstić information content (AvgIpc) is 3.35. The van der Waals surface area contributed by atoms with Crippen molar-refractivity contribution in [2.75, 3.05) is 24.5 Å². The van der Waals surface area contributed by atoms with E-state index in [1.54, 1.807) is 0 Å². The van der Waals surface area contributed by atoms with Crippen molar-refractivity contribution in [3.05, 3.63) is 83.9 Å². The van der Waals surface area contributed by atoms with Crippen molar-refractivity contribution >= 4 is 35.6 Å². The van der Waals surface area contributed by atoms with E-state index in [1.165, 1.54) is 16.8 Å². The Morgan fingerprint density at radius 3 is 2.72 bits per heavy atom. The zero-order valence-electron chi connectivity index (χ0n) is 16.8. The van der Waals surface area contributed by atoms with Gasteiger partial charge in [-0.1, -0.05) is 48.5 Å². The SMILES string of the molecule is CCNC(=NCCc1nccn1Cc1ccccc1)N1CCc2ccccc21.I. The monoisotopic (exact) mass is 501 g/mol. The van der Waals surface area contributed by atoms with Crippen molar-refractivity contribution in [2.24, 2.45) is 4.99 Å². The van der Waals surface area contributed by atoms with Crippen LogP contribution < -0.4 is 10.2 Å². The summed E-state index contributed by atoms with van der Waals surface area (Å²) in [5.74, 6) is 2.04. The van der Waals surface area contributed by atoms with Gasteiger partial charge in [0.1, 0.15) is 5.82 Å². The lowest BCUT2D eigenvalue weighted by molar-refractivity contribution is 0.714. The van der Waals surface area contributed by atoms with Gasteiger partial charge < -0.3 is 14.8 Å². The fourth-order valence-electron chi connectivity index (χ4n) is 3.71. The molecule has 0 spiro atoms. The number of rotatable bonds is 6. The Bertz CT molecular complexity index is 935. The van der Waals surface area contributed by atoms with E-state index in [0.717, 1.165) is 44.3 Å². The molecule has 0 radical (unpaired) electrons. The number of nitrogens with zero attached hydrogens (tertiary/aromatic N) is 4. The number of aliphatic imine (C=N–C) groups is 1. The summed E-state index contributed by atoms with van der Waals surface area (Å²) in [4.78, 5) is 11.7. The van der Waals surface area contributed by atoms with Gasteiger partial charge in [-0.15, -0.1) is 24.0 Å². The van der Waals surface area contributed by atoms with Gasteiger partial charge >= 0.3 is 0 Å². The van der Waals surface area contributed by atoms with E-state index in [1.807, 2.05) is 18.5 Å². The van der Waals surface area contributed by atoms with Gasteiger partial charge in [0, 0.05) is 50.7 Å². The number of hydrogen-bond donors (Lipinski definition) is 1. The smallest absolute Gasteiger partial charge is 0.198 e. The minimum absolute atomic E-state index is 0. The van der Waals surface area contributed by atoms with Crippen molar-refractivity contribution < 1.29 is 0 Å². The zero-order valence-corrected chi connectivity index (χ0v) is 19.1. The molecule has 5 nitrogen and oxygen atoms in total. The topological polar surface area (TPSA) is 45.5 Å². The maximum atomic E-state index is 4.90. The van der Waals surface area contributed by atoms with E-state index in [2.05, 4.69) is 75.2 Å². The highest BCUT2D eigenvalue weighted by atomic mass is 127. The summed E-state index contributed by atoms with van der Waals surface area (Å²) >= 11 is 0. The number of benzene rings is 2. The number of imidazole rings is 1. The molecule has 6 heteroatoms. The van der Waals surface area contributed by atoms with Crippen LogP contribution in [0.1, 0.15) is 23.9 Å². The molecule has 3 aromatic rings. The van der Waals surface area contributed by atoms with Crippen LogP contribution in [0.5, 0.6) is 0 Å². The Balaban J connectivity index is 0.00000240. The molecule has 0 fully saturated rings. The van der Waals surface area contributed by atoms with E-state index in [4.69, 9.17) is 4.99 Å². The number of nitrogens with one attached hydrogen (secondary N) is 1. The second kappa shape index (κ2) is 10.4. The Hall–Kier alpha value is -2.35. The first-order valence-corrected chi connectivity index (χ1v) is 10.0. The van der Waals surface area contributed by atoms with Crippen LogP contribution in [0.3, 0.4) is 0 Å². The normalized spacial score (nSPS) is 13.1. The van der Waals surface area contributed by atoms with Gasteiger partial charge in [0.05, 0.1) is 0 Å². The summed E-state index contributed by atoms with van der Waals surface area (Å²) in [5, 5.41) is 3.45. The summed E-state index contributed by atoms with van der Waals surface area (Å²) in [6, 6.07) is 19.1. The van der Waals surface area contributed by atoms with Crippen LogP contribution in [0.15, 0.2) is 72.0 Å². The number of aromatic nitrogens is 2. The predicted octanol–water partition coefficient (Wildman–Crippen LogP) is 4.12.